The molecule has 3 N–H and O–H groups in total. The van der Waals surface area contributed by atoms with Crippen LogP contribution in [0.2, 0.25) is 0 Å². The minimum atomic E-state index is -0.433. The molecule has 4 heteroatoms. The molecule has 1 amide bonds. The Balaban J connectivity index is 4.79. The number of hydrogen-bond donors (Lipinski definition) is 3. The second-order valence-corrected chi connectivity index (χ2v) is 2.16. The first-order valence-corrected chi connectivity index (χ1v) is 3.18. The van der Waals surface area contributed by atoms with Crippen LogP contribution in [0.15, 0.2) is 11.3 Å². The van der Waals surface area contributed by atoms with Crippen molar-refractivity contribution in [2.24, 2.45) is 0 Å². The molecule has 0 bridgehead atoms. The maximum absolute atomic E-state index is 10.9. The zero-order chi connectivity index (χ0) is 9.02. The SMILES string of the molecule is CNC(=O)/C(C(C)=N)=C(/C)O. The number of carbonyl (C=O) groups is 1. The highest BCUT2D eigenvalue weighted by atomic mass is 16.3. The van der Waals surface area contributed by atoms with Crippen molar-refractivity contribution >= 4 is 11.6 Å². The molecular formula is C7H12N2O2. The van der Waals surface area contributed by atoms with E-state index in [1.807, 2.05) is 0 Å². The smallest absolute Gasteiger partial charge is 0.256 e. The van der Waals surface area contributed by atoms with Crippen LogP contribution in [0.4, 0.5) is 0 Å². The first-order chi connectivity index (χ1) is 5.00. The molecule has 0 saturated carbocycles. The van der Waals surface area contributed by atoms with E-state index in [0.717, 1.165) is 0 Å². The van der Waals surface area contributed by atoms with Gasteiger partial charge in [0.2, 0.25) is 0 Å². The van der Waals surface area contributed by atoms with Crippen molar-refractivity contribution in [3.8, 4) is 0 Å². The third kappa shape index (κ3) is 2.41. The Hall–Kier alpha value is -1.32. The Labute approximate surface area is 65.4 Å². The van der Waals surface area contributed by atoms with Crippen LogP contribution in [-0.4, -0.2) is 23.8 Å². The van der Waals surface area contributed by atoms with Crippen molar-refractivity contribution in [2.45, 2.75) is 13.8 Å². The van der Waals surface area contributed by atoms with Crippen LogP contribution in [0.25, 0.3) is 0 Å². The Kier molecular flexibility index (Phi) is 3.30. The van der Waals surface area contributed by atoms with Gasteiger partial charge in [0, 0.05) is 12.8 Å². The maximum Gasteiger partial charge on any atom is 0.256 e. The summed E-state index contributed by atoms with van der Waals surface area (Å²) in [6.07, 6.45) is 0. The van der Waals surface area contributed by atoms with Crippen LogP contribution in [0, 0.1) is 5.41 Å². The number of carbonyl (C=O) groups excluding carboxylic acids is 1. The van der Waals surface area contributed by atoms with E-state index >= 15 is 0 Å². The van der Waals surface area contributed by atoms with Gasteiger partial charge in [-0.25, -0.2) is 0 Å². The maximum atomic E-state index is 10.9. The predicted octanol–water partition coefficient (Wildman–Crippen LogP) is 0.604. The minimum absolute atomic E-state index is 0.0347. The van der Waals surface area contributed by atoms with E-state index in [4.69, 9.17) is 10.5 Å². The van der Waals surface area contributed by atoms with Gasteiger partial charge in [0.25, 0.3) is 5.91 Å². The van der Waals surface area contributed by atoms with Crippen LogP contribution >= 0.6 is 0 Å². The quantitative estimate of drug-likeness (QED) is 0.311. The molecule has 4 nitrogen and oxygen atoms in total. The van der Waals surface area contributed by atoms with Crippen molar-refractivity contribution < 1.29 is 9.90 Å². The third-order valence-electron chi connectivity index (χ3n) is 1.19. The van der Waals surface area contributed by atoms with Gasteiger partial charge in [-0.3, -0.25) is 4.79 Å². The zero-order valence-corrected chi connectivity index (χ0v) is 6.86. The average Bonchev–Trinajstić information content (AvgIpc) is 1.85. The number of likely N-dealkylation sites (N-methyl/N-ethyl adjacent to an activating group) is 1. The van der Waals surface area contributed by atoms with Crippen LogP contribution < -0.4 is 5.32 Å². The summed E-state index contributed by atoms with van der Waals surface area (Å²) in [7, 11) is 1.45. The Morgan fingerprint density at radius 3 is 2.00 bits per heavy atom. The van der Waals surface area contributed by atoms with Crippen LogP contribution in [0.3, 0.4) is 0 Å². The number of aliphatic hydroxyl groups excluding tert-OH is 1. The van der Waals surface area contributed by atoms with Crippen LogP contribution in [-0.2, 0) is 4.79 Å². The summed E-state index contributed by atoms with van der Waals surface area (Å²) in [5.74, 6) is -0.561. The summed E-state index contributed by atoms with van der Waals surface area (Å²) in [4.78, 5) is 10.9. The Morgan fingerprint density at radius 1 is 1.45 bits per heavy atom. The van der Waals surface area contributed by atoms with Crippen molar-refractivity contribution in [2.75, 3.05) is 7.05 Å². The molecule has 0 rings (SSSR count). The largest absolute Gasteiger partial charge is 0.512 e. The summed E-state index contributed by atoms with van der Waals surface area (Å²) >= 11 is 0. The monoisotopic (exact) mass is 156 g/mol. The molecule has 0 aromatic rings. The van der Waals surface area contributed by atoms with E-state index in [1.54, 1.807) is 0 Å². The van der Waals surface area contributed by atoms with Gasteiger partial charge in [0.1, 0.15) is 5.76 Å². The van der Waals surface area contributed by atoms with E-state index in [-0.39, 0.29) is 17.0 Å². The van der Waals surface area contributed by atoms with E-state index in [2.05, 4.69) is 5.32 Å². The summed E-state index contributed by atoms with van der Waals surface area (Å²) in [5, 5.41) is 18.4. The number of rotatable bonds is 2. The van der Waals surface area contributed by atoms with Gasteiger partial charge in [-0.05, 0) is 13.8 Å². The Bertz CT molecular complexity index is 214. The summed E-state index contributed by atoms with van der Waals surface area (Å²) in [5.41, 5.74) is 0.0943. The van der Waals surface area contributed by atoms with E-state index in [1.165, 1.54) is 20.9 Å². The number of amides is 1. The lowest BCUT2D eigenvalue weighted by Crippen LogP contribution is -2.24. The highest BCUT2D eigenvalue weighted by Gasteiger charge is 2.12. The molecule has 0 heterocycles. The molecule has 0 spiro atoms. The first kappa shape index (κ1) is 9.68. The fraction of sp³-hybridized carbons (Fsp3) is 0.429. The standard InChI is InChI=1S/C7H12N2O2/c1-4(8)6(5(2)10)7(11)9-3/h8,10H,1-3H3,(H,9,11)/b6-5-,8-4?. The molecule has 0 atom stereocenters. The van der Waals surface area contributed by atoms with E-state index < -0.39 is 5.91 Å². The van der Waals surface area contributed by atoms with Crippen LogP contribution in [0.1, 0.15) is 13.8 Å². The molecular weight excluding hydrogens is 144 g/mol. The molecule has 0 radical (unpaired) electrons. The van der Waals surface area contributed by atoms with Crippen molar-refractivity contribution in [1.82, 2.24) is 5.32 Å². The van der Waals surface area contributed by atoms with Gasteiger partial charge in [-0.15, -0.1) is 0 Å². The normalized spacial score (nSPS) is 11.9. The summed E-state index contributed by atoms with van der Waals surface area (Å²) in [6, 6.07) is 0. The second kappa shape index (κ2) is 3.75. The Morgan fingerprint density at radius 2 is 1.91 bits per heavy atom. The molecule has 0 aliphatic rings. The van der Waals surface area contributed by atoms with Gasteiger partial charge in [-0.1, -0.05) is 0 Å². The van der Waals surface area contributed by atoms with Gasteiger partial charge in [0.05, 0.1) is 5.57 Å². The van der Waals surface area contributed by atoms with Crippen molar-refractivity contribution in [3.05, 3.63) is 11.3 Å². The molecule has 0 saturated heterocycles. The lowest BCUT2D eigenvalue weighted by Gasteiger charge is -2.03. The average molecular weight is 156 g/mol. The van der Waals surface area contributed by atoms with E-state index in [9.17, 15) is 4.79 Å². The van der Waals surface area contributed by atoms with Crippen molar-refractivity contribution in [1.29, 1.82) is 5.41 Å². The number of hydrogen-bond acceptors (Lipinski definition) is 3. The minimum Gasteiger partial charge on any atom is -0.512 e. The zero-order valence-electron chi connectivity index (χ0n) is 6.86. The first-order valence-electron chi connectivity index (χ1n) is 3.18. The molecule has 0 aliphatic heterocycles. The van der Waals surface area contributed by atoms with Crippen LogP contribution in [0.5, 0.6) is 0 Å². The second-order valence-electron chi connectivity index (χ2n) is 2.16. The third-order valence-corrected chi connectivity index (χ3v) is 1.19. The highest BCUT2D eigenvalue weighted by molar-refractivity contribution is 6.19. The predicted molar refractivity (Wildman–Crippen MR) is 42.8 cm³/mol. The van der Waals surface area contributed by atoms with Crippen molar-refractivity contribution in [3.63, 3.8) is 0 Å². The fourth-order valence-corrected chi connectivity index (χ4v) is 0.731. The lowest BCUT2D eigenvalue weighted by molar-refractivity contribution is -0.116. The highest BCUT2D eigenvalue weighted by Crippen LogP contribution is 2.01. The van der Waals surface area contributed by atoms with Gasteiger partial charge in [-0.2, -0.15) is 0 Å². The number of nitrogens with one attached hydrogen (secondary N) is 2. The lowest BCUT2D eigenvalue weighted by atomic mass is 10.1. The van der Waals surface area contributed by atoms with Gasteiger partial charge < -0.3 is 15.8 Å². The summed E-state index contributed by atoms with van der Waals surface area (Å²) < 4.78 is 0. The van der Waals surface area contributed by atoms with Gasteiger partial charge >= 0.3 is 0 Å². The number of allylic oxidation sites excluding steroid dienone is 1. The summed E-state index contributed by atoms with van der Waals surface area (Å²) in [6.45, 7) is 2.83. The topological polar surface area (TPSA) is 73.2 Å². The molecule has 0 aromatic carbocycles. The van der Waals surface area contributed by atoms with Gasteiger partial charge in [0.15, 0.2) is 0 Å². The molecule has 0 unspecified atom stereocenters. The fourth-order valence-electron chi connectivity index (χ4n) is 0.731. The molecule has 0 aliphatic carbocycles. The molecule has 11 heavy (non-hydrogen) atoms. The molecule has 0 fully saturated rings. The van der Waals surface area contributed by atoms with E-state index in [0.29, 0.717) is 0 Å². The molecule has 0 aromatic heterocycles. The number of aliphatic hydroxyl groups is 1. The molecule has 62 valence electrons.